The zero-order chi connectivity index (χ0) is 21.5. The van der Waals surface area contributed by atoms with Gasteiger partial charge in [-0.15, -0.1) is 0 Å². The Morgan fingerprint density at radius 2 is 1.14 bits per heavy atom. The molecule has 2 aromatic rings. The number of aryl methyl sites for hydroxylation is 2. The molecule has 2 N–H and O–H groups in total. The Morgan fingerprint density at radius 1 is 0.793 bits per heavy atom. The Morgan fingerprint density at radius 3 is 1.41 bits per heavy atom. The molecule has 29 heavy (non-hydrogen) atoms. The first-order chi connectivity index (χ1) is 12.6. The molecule has 0 unspecified atom stereocenters. The van der Waals surface area contributed by atoms with E-state index < -0.39 is 13.9 Å². The van der Waals surface area contributed by atoms with Crippen molar-refractivity contribution >= 4 is 37.4 Å². The van der Waals surface area contributed by atoms with Crippen molar-refractivity contribution in [1.29, 1.82) is 0 Å². The molecule has 2 aromatic carbocycles. The minimum atomic E-state index is -4.72. The summed E-state index contributed by atoms with van der Waals surface area (Å²) in [6.07, 6.45) is -0.856. The van der Waals surface area contributed by atoms with Gasteiger partial charge in [-0.1, -0.05) is 89.1 Å². The summed E-state index contributed by atoms with van der Waals surface area (Å²) in [5, 5.41) is 0. The van der Waals surface area contributed by atoms with Crippen LogP contribution in [0.1, 0.15) is 81.0 Å². The molecule has 0 heterocycles. The van der Waals surface area contributed by atoms with Crippen LogP contribution in [0.15, 0.2) is 36.4 Å². The van der Waals surface area contributed by atoms with E-state index in [-0.39, 0.29) is 40.4 Å². The summed E-state index contributed by atoms with van der Waals surface area (Å²) in [5.41, 5.74) is 5.41. The summed E-state index contributed by atoms with van der Waals surface area (Å²) < 4.78 is 17.3. The third-order valence-electron chi connectivity index (χ3n) is 4.84. The van der Waals surface area contributed by atoms with E-state index in [0.717, 1.165) is 33.4 Å². The average Bonchev–Trinajstić information content (AvgIpc) is 2.50. The first-order valence-corrected chi connectivity index (χ1v) is 11.1. The van der Waals surface area contributed by atoms with Crippen LogP contribution in [0.4, 0.5) is 0 Å². The molecule has 156 valence electrons. The number of phosphoric ester groups is 1. The third-order valence-corrected chi connectivity index (χ3v) is 5.33. The Kier molecular flexibility index (Phi) is 8.58. The molecule has 2 rings (SSSR count). The molecule has 0 aliphatic heterocycles. The van der Waals surface area contributed by atoms with E-state index in [4.69, 9.17) is 4.52 Å². The molecule has 0 radical (unpaired) electrons. The van der Waals surface area contributed by atoms with Gasteiger partial charge in [-0.2, -0.15) is 0 Å². The molecule has 0 bridgehead atoms. The van der Waals surface area contributed by atoms with Crippen molar-refractivity contribution in [2.24, 2.45) is 0 Å². The first kappa shape index (κ1) is 26.6. The molecular formula is C23H34NaO4P. The Labute approximate surface area is 197 Å². The summed E-state index contributed by atoms with van der Waals surface area (Å²) in [6.45, 7) is 16.6. The maximum atomic E-state index is 11.9. The van der Waals surface area contributed by atoms with Crippen LogP contribution < -0.4 is 0 Å². The van der Waals surface area contributed by atoms with E-state index in [1.54, 1.807) is 0 Å². The van der Waals surface area contributed by atoms with Crippen LogP contribution in [0.25, 0.3) is 0 Å². The summed E-state index contributed by atoms with van der Waals surface area (Å²) >= 11 is 0. The number of hydrogen-bond donors (Lipinski definition) is 2. The van der Waals surface area contributed by atoms with Crippen molar-refractivity contribution in [1.82, 2.24) is 0 Å². The van der Waals surface area contributed by atoms with Gasteiger partial charge < -0.3 is 9.79 Å². The van der Waals surface area contributed by atoms with Crippen LogP contribution in [0.5, 0.6) is 0 Å². The molecule has 0 aliphatic carbocycles. The van der Waals surface area contributed by atoms with E-state index in [2.05, 4.69) is 53.7 Å². The van der Waals surface area contributed by atoms with Gasteiger partial charge in [0, 0.05) is 0 Å². The van der Waals surface area contributed by atoms with Gasteiger partial charge in [0.05, 0.1) is 0 Å². The predicted octanol–water partition coefficient (Wildman–Crippen LogP) is 5.45. The molecule has 6 heteroatoms. The van der Waals surface area contributed by atoms with Crippen LogP contribution in [0.2, 0.25) is 0 Å². The first-order valence-electron chi connectivity index (χ1n) is 9.55. The molecule has 0 saturated heterocycles. The van der Waals surface area contributed by atoms with Gasteiger partial charge in [0.15, 0.2) is 0 Å². The van der Waals surface area contributed by atoms with Crippen molar-refractivity contribution in [2.45, 2.75) is 72.3 Å². The molecule has 0 fully saturated rings. The summed E-state index contributed by atoms with van der Waals surface area (Å²) in [4.78, 5) is 19.4. The second-order valence-electron chi connectivity index (χ2n) is 9.66. The van der Waals surface area contributed by atoms with Crippen molar-refractivity contribution < 1.29 is 18.9 Å². The van der Waals surface area contributed by atoms with Gasteiger partial charge in [0.25, 0.3) is 0 Å². The molecule has 4 nitrogen and oxygen atoms in total. The second-order valence-corrected chi connectivity index (χ2v) is 10.8. The van der Waals surface area contributed by atoms with Crippen molar-refractivity contribution in [3.63, 3.8) is 0 Å². The molecule has 0 atom stereocenters. The number of rotatable bonds is 4. The van der Waals surface area contributed by atoms with Crippen molar-refractivity contribution in [3.8, 4) is 0 Å². The van der Waals surface area contributed by atoms with Crippen LogP contribution in [-0.2, 0) is 19.9 Å². The summed E-state index contributed by atoms with van der Waals surface area (Å²) in [6, 6.07) is 12.0. The maximum absolute atomic E-state index is 11.9. The standard InChI is InChI=1S/C23H33O4P.Na.H/c1-15-9-11-17(19(13-15)22(3,4)5)21(27-28(24,25)26)18-12-10-16(2)14-20(18)23(6,7)8;;/h9-14,21H,1-8H3,(H2,24,25,26);;. The van der Waals surface area contributed by atoms with Gasteiger partial charge in [-0.05, 0) is 46.9 Å². The van der Waals surface area contributed by atoms with Crippen LogP contribution in [0, 0.1) is 13.8 Å². The molecule has 0 amide bonds. The Bertz CT molecular complexity index is 841. The van der Waals surface area contributed by atoms with E-state index in [9.17, 15) is 14.4 Å². The number of benzene rings is 2. The van der Waals surface area contributed by atoms with Gasteiger partial charge in [-0.25, -0.2) is 4.57 Å². The summed E-state index contributed by atoms with van der Waals surface area (Å²) in [5.74, 6) is 0. The van der Waals surface area contributed by atoms with Crippen LogP contribution in [0.3, 0.4) is 0 Å². The van der Waals surface area contributed by atoms with Gasteiger partial charge in [0.2, 0.25) is 0 Å². The van der Waals surface area contributed by atoms with E-state index >= 15 is 0 Å². The molecule has 0 aromatic heterocycles. The normalized spacial score (nSPS) is 12.8. The van der Waals surface area contributed by atoms with Gasteiger partial charge in [0.1, 0.15) is 6.10 Å². The molecule has 0 spiro atoms. The minimum absolute atomic E-state index is 0. The topological polar surface area (TPSA) is 66.8 Å². The SMILES string of the molecule is Cc1ccc(C(OP(=O)(O)O)c2ccc(C)cc2C(C)(C)C)c(C(C)(C)C)c1.[NaH]. The Balaban J connectivity index is 0.00000420. The van der Waals surface area contributed by atoms with Gasteiger partial charge in [-0.3, -0.25) is 4.52 Å². The molecule has 0 saturated carbocycles. The summed E-state index contributed by atoms with van der Waals surface area (Å²) in [7, 11) is -4.72. The molecular weight excluding hydrogens is 394 g/mol. The van der Waals surface area contributed by atoms with Crippen LogP contribution >= 0.6 is 7.82 Å². The fourth-order valence-electron chi connectivity index (χ4n) is 3.51. The van der Waals surface area contributed by atoms with Gasteiger partial charge >= 0.3 is 37.4 Å². The monoisotopic (exact) mass is 428 g/mol. The zero-order valence-electron chi connectivity index (χ0n) is 18.2. The fraction of sp³-hybridized carbons (Fsp3) is 0.478. The van der Waals surface area contributed by atoms with E-state index in [1.807, 2.05) is 38.1 Å². The van der Waals surface area contributed by atoms with Crippen molar-refractivity contribution in [3.05, 3.63) is 69.8 Å². The predicted molar refractivity (Wildman–Crippen MR) is 122 cm³/mol. The van der Waals surface area contributed by atoms with Crippen molar-refractivity contribution in [2.75, 3.05) is 0 Å². The number of phosphoric acid groups is 1. The third kappa shape index (κ3) is 7.04. The molecule has 0 aliphatic rings. The van der Waals surface area contributed by atoms with E-state index in [1.165, 1.54) is 0 Å². The number of hydrogen-bond acceptors (Lipinski definition) is 2. The fourth-order valence-corrected chi connectivity index (χ4v) is 4.02. The zero-order valence-corrected chi connectivity index (χ0v) is 19.1. The quantitative estimate of drug-likeness (QED) is 0.502. The average molecular weight is 428 g/mol. The van der Waals surface area contributed by atoms with Crippen LogP contribution in [-0.4, -0.2) is 39.3 Å². The Hall–Kier alpha value is -0.450. The van der Waals surface area contributed by atoms with E-state index in [0.29, 0.717) is 0 Å². The second kappa shape index (κ2) is 9.36.